The lowest BCUT2D eigenvalue weighted by atomic mass is 9.78. The minimum absolute atomic E-state index is 0.0311. The van der Waals surface area contributed by atoms with Crippen LogP contribution in [0.2, 0.25) is 0 Å². The molecule has 31 heavy (non-hydrogen) atoms. The van der Waals surface area contributed by atoms with Crippen molar-refractivity contribution < 1.29 is 21.6 Å². The highest BCUT2D eigenvalue weighted by Gasteiger charge is 2.49. The van der Waals surface area contributed by atoms with Gasteiger partial charge in [-0.05, 0) is 37.8 Å². The number of allylic oxidation sites excluding steroid dienone is 1. The minimum atomic E-state index is -3.32. The average Bonchev–Trinajstić information content (AvgIpc) is 3.25. The molecule has 3 aliphatic heterocycles. The predicted molar refractivity (Wildman–Crippen MR) is 116 cm³/mol. The van der Waals surface area contributed by atoms with E-state index in [4.69, 9.17) is 4.74 Å². The second-order valence-corrected chi connectivity index (χ2v) is 13.1. The lowest BCUT2D eigenvalue weighted by molar-refractivity contribution is -0.0784. The number of hydrogen-bond acceptors (Lipinski definition) is 8. The molecule has 0 aliphatic carbocycles. The van der Waals surface area contributed by atoms with Crippen molar-refractivity contribution in [3.63, 3.8) is 0 Å². The highest BCUT2D eigenvalue weighted by atomic mass is 32.2. The van der Waals surface area contributed by atoms with E-state index in [9.17, 15) is 16.8 Å². The third kappa shape index (κ3) is 4.37. The van der Waals surface area contributed by atoms with Crippen LogP contribution in [0.5, 0.6) is 0 Å². The van der Waals surface area contributed by atoms with Gasteiger partial charge in [-0.15, -0.1) is 5.10 Å². The second kappa shape index (κ2) is 8.09. The number of piperidine rings is 1. The first-order valence-electron chi connectivity index (χ1n) is 10.7. The van der Waals surface area contributed by atoms with Gasteiger partial charge in [-0.1, -0.05) is 12.1 Å². The van der Waals surface area contributed by atoms with Crippen molar-refractivity contribution >= 4 is 19.7 Å². The second-order valence-electron chi connectivity index (χ2n) is 8.77. The number of nitrogens with zero attached hydrogens (tertiary/aromatic N) is 4. The highest BCUT2D eigenvalue weighted by molar-refractivity contribution is 7.99. The quantitative estimate of drug-likeness (QED) is 0.614. The lowest BCUT2D eigenvalue weighted by Crippen LogP contribution is -2.52. The van der Waals surface area contributed by atoms with Gasteiger partial charge >= 0.3 is 0 Å². The molecule has 1 spiro atoms. The standard InChI is InChI=1S/C20H30N4O5S2/c1-4-17-11-18-19(31(17,27)28)5-9-29-20(18)6-7-23(15(2)12-20)13-16-14-24(22-21-16)8-10-30(3,25)26/h11,14-15H,4-10,12-13H2,1-3H3/t15-,20+/m0/s1. The van der Waals surface area contributed by atoms with E-state index >= 15 is 0 Å². The number of likely N-dealkylation sites (tertiary alicyclic amines) is 1. The van der Waals surface area contributed by atoms with Crippen molar-refractivity contribution in [1.82, 2.24) is 19.9 Å². The highest BCUT2D eigenvalue weighted by Crippen LogP contribution is 2.48. The van der Waals surface area contributed by atoms with Crippen molar-refractivity contribution in [2.45, 2.75) is 64.3 Å². The van der Waals surface area contributed by atoms with Crippen LogP contribution in [0.3, 0.4) is 0 Å². The van der Waals surface area contributed by atoms with Gasteiger partial charge in [-0.3, -0.25) is 9.58 Å². The fourth-order valence-corrected chi connectivity index (χ4v) is 7.21. The maximum absolute atomic E-state index is 12.8. The normalized spacial score (nSPS) is 28.7. The summed E-state index contributed by atoms with van der Waals surface area (Å²) in [7, 11) is -6.37. The fraction of sp³-hybridized carbons (Fsp3) is 0.700. The first kappa shape index (κ1) is 22.6. The number of aromatic nitrogens is 3. The topological polar surface area (TPSA) is 111 Å². The molecule has 0 unspecified atom stereocenters. The number of fused-ring (bicyclic) bond motifs is 1. The largest absolute Gasteiger partial charge is 0.370 e. The molecule has 0 bridgehead atoms. The lowest BCUT2D eigenvalue weighted by Gasteiger charge is -2.47. The number of hydrogen-bond donors (Lipinski definition) is 0. The first-order valence-corrected chi connectivity index (χ1v) is 14.2. The van der Waals surface area contributed by atoms with Gasteiger partial charge in [0.1, 0.15) is 9.84 Å². The van der Waals surface area contributed by atoms with E-state index in [0.717, 1.165) is 30.7 Å². The van der Waals surface area contributed by atoms with Crippen LogP contribution >= 0.6 is 0 Å². The Morgan fingerprint density at radius 1 is 1.35 bits per heavy atom. The van der Waals surface area contributed by atoms with Gasteiger partial charge in [0, 0.05) is 42.9 Å². The molecule has 4 rings (SSSR count). The van der Waals surface area contributed by atoms with Crippen LogP contribution in [-0.4, -0.2) is 73.5 Å². The maximum Gasteiger partial charge on any atom is 0.199 e. The van der Waals surface area contributed by atoms with E-state index in [2.05, 4.69) is 22.1 Å². The number of ether oxygens (including phenoxy) is 1. The predicted octanol–water partition coefficient (Wildman–Crippen LogP) is 1.44. The molecule has 3 aliphatic rings. The average molecular weight is 471 g/mol. The van der Waals surface area contributed by atoms with Crippen LogP contribution in [0.25, 0.3) is 0 Å². The van der Waals surface area contributed by atoms with Gasteiger partial charge < -0.3 is 4.74 Å². The Labute approximate surface area is 184 Å². The van der Waals surface area contributed by atoms with Gasteiger partial charge in [0.25, 0.3) is 0 Å². The zero-order valence-electron chi connectivity index (χ0n) is 18.2. The van der Waals surface area contributed by atoms with Gasteiger partial charge in [-0.25, -0.2) is 16.8 Å². The Morgan fingerprint density at radius 3 is 2.81 bits per heavy atom. The maximum atomic E-state index is 12.8. The zero-order chi connectivity index (χ0) is 22.4. The van der Waals surface area contributed by atoms with Gasteiger partial charge in [0.05, 0.1) is 35.1 Å². The Bertz CT molecular complexity index is 1140. The molecule has 1 saturated heterocycles. The molecule has 0 radical (unpaired) electrons. The molecule has 1 fully saturated rings. The van der Waals surface area contributed by atoms with Crippen LogP contribution in [0.1, 0.15) is 45.2 Å². The van der Waals surface area contributed by atoms with E-state index in [1.165, 1.54) is 6.26 Å². The Hall–Kier alpha value is -1.56. The van der Waals surface area contributed by atoms with Crippen LogP contribution in [0.15, 0.2) is 27.7 Å². The third-order valence-electron chi connectivity index (χ3n) is 6.52. The van der Waals surface area contributed by atoms with Crippen molar-refractivity contribution in [2.75, 3.05) is 25.2 Å². The molecule has 1 aromatic rings. The van der Waals surface area contributed by atoms with E-state index in [-0.39, 0.29) is 18.3 Å². The number of aryl methyl sites for hydroxylation is 1. The summed E-state index contributed by atoms with van der Waals surface area (Å²) in [5.74, 6) is 0.0311. The van der Waals surface area contributed by atoms with Crippen molar-refractivity contribution in [3.8, 4) is 0 Å². The molecule has 1 aromatic heterocycles. The van der Waals surface area contributed by atoms with Crippen LogP contribution in [-0.2, 0) is 37.5 Å². The van der Waals surface area contributed by atoms with E-state index in [1.807, 2.05) is 13.0 Å². The fourth-order valence-electron chi connectivity index (χ4n) is 4.84. The smallest absolute Gasteiger partial charge is 0.199 e. The third-order valence-corrected chi connectivity index (χ3v) is 9.61. The molecule has 0 aromatic carbocycles. The van der Waals surface area contributed by atoms with Crippen molar-refractivity contribution in [1.29, 1.82) is 0 Å². The molecule has 172 valence electrons. The summed E-state index contributed by atoms with van der Waals surface area (Å²) in [6.45, 7) is 6.09. The molecule has 11 heteroatoms. The molecule has 9 nitrogen and oxygen atoms in total. The van der Waals surface area contributed by atoms with Crippen molar-refractivity contribution in [3.05, 3.63) is 33.4 Å². The van der Waals surface area contributed by atoms with Crippen LogP contribution in [0.4, 0.5) is 0 Å². The SMILES string of the molecule is CCC1=CC2=C(CCO[C@@]23CCN(Cc2cn(CCS(C)(=O)=O)nn2)[C@@H](C)C3)S1(=O)=O. The van der Waals surface area contributed by atoms with Gasteiger partial charge in [0.2, 0.25) is 0 Å². The summed E-state index contributed by atoms with van der Waals surface area (Å²) in [6.07, 6.45) is 7.26. The molecule has 4 heterocycles. The Morgan fingerprint density at radius 2 is 2.13 bits per heavy atom. The number of rotatable bonds is 6. The monoisotopic (exact) mass is 470 g/mol. The summed E-state index contributed by atoms with van der Waals surface area (Å²) >= 11 is 0. The van der Waals surface area contributed by atoms with Gasteiger partial charge in [0.15, 0.2) is 9.84 Å². The van der Waals surface area contributed by atoms with E-state index in [0.29, 0.717) is 35.8 Å². The molecular formula is C20H30N4O5S2. The Balaban J connectivity index is 1.46. The molecule has 0 amide bonds. The molecule has 2 atom stereocenters. The zero-order valence-corrected chi connectivity index (χ0v) is 19.9. The van der Waals surface area contributed by atoms with Gasteiger partial charge in [-0.2, -0.15) is 0 Å². The molecule has 0 N–H and O–H groups in total. The van der Waals surface area contributed by atoms with Crippen LogP contribution in [0, 0.1) is 0 Å². The molecule has 0 saturated carbocycles. The number of sulfone groups is 2. The van der Waals surface area contributed by atoms with E-state index in [1.54, 1.807) is 10.9 Å². The van der Waals surface area contributed by atoms with Crippen molar-refractivity contribution in [2.24, 2.45) is 0 Å². The summed E-state index contributed by atoms with van der Waals surface area (Å²) in [4.78, 5) is 3.36. The van der Waals surface area contributed by atoms with Crippen LogP contribution < -0.4 is 0 Å². The molecular weight excluding hydrogens is 440 g/mol. The summed E-state index contributed by atoms with van der Waals surface area (Å²) in [5, 5.41) is 8.23. The first-order chi connectivity index (χ1) is 14.5. The Kier molecular flexibility index (Phi) is 5.91. The summed E-state index contributed by atoms with van der Waals surface area (Å²) in [5.41, 5.74) is 1.12. The van der Waals surface area contributed by atoms with E-state index < -0.39 is 25.3 Å². The minimum Gasteiger partial charge on any atom is -0.370 e. The summed E-state index contributed by atoms with van der Waals surface area (Å²) in [6, 6.07) is 0.170. The summed E-state index contributed by atoms with van der Waals surface area (Å²) < 4.78 is 56.2.